The summed E-state index contributed by atoms with van der Waals surface area (Å²) < 4.78 is 5.37. The van der Waals surface area contributed by atoms with E-state index >= 15 is 0 Å². The quantitative estimate of drug-likeness (QED) is 0.840. The zero-order valence-electron chi connectivity index (χ0n) is 11.6. The van der Waals surface area contributed by atoms with Gasteiger partial charge >= 0.3 is 5.97 Å². The SMILES string of the molecule is CC(C)(C)OC(=O)c1ccc2c(CN)cccc2c1. The number of nitrogens with two attached hydrogens (primary N) is 1. The minimum atomic E-state index is -0.481. The van der Waals surface area contributed by atoms with E-state index in [0.29, 0.717) is 12.1 Å². The Balaban J connectivity index is 2.40. The third-order valence-corrected chi connectivity index (χ3v) is 2.83. The summed E-state index contributed by atoms with van der Waals surface area (Å²) in [5, 5.41) is 2.09. The van der Waals surface area contributed by atoms with Gasteiger partial charge in [-0.1, -0.05) is 24.3 Å². The van der Waals surface area contributed by atoms with E-state index < -0.39 is 5.60 Å². The number of fused-ring (bicyclic) bond motifs is 1. The average molecular weight is 257 g/mol. The number of carbonyl (C=O) groups is 1. The van der Waals surface area contributed by atoms with Crippen LogP contribution in [-0.2, 0) is 11.3 Å². The lowest BCUT2D eigenvalue weighted by Gasteiger charge is -2.19. The molecule has 0 unspecified atom stereocenters. The second-order valence-electron chi connectivity index (χ2n) is 5.56. The van der Waals surface area contributed by atoms with Crippen LogP contribution in [0.1, 0.15) is 36.7 Å². The van der Waals surface area contributed by atoms with Crippen LogP contribution in [0.4, 0.5) is 0 Å². The summed E-state index contributed by atoms with van der Waals surface area (Å²) in [5.41, 5.74) is 6.87. The first kappa shape index (κ1) is 13.6. The minimum absolute atomic E-state index is 0.299. The third-order valence-electron chi connectivity index (χ3n) is 2.83. The second-order valence-corrected chi connectivity index (χ2v) is 5.56. The normalized spacial score (nSPS) is 11.6. The summed E-state index contributed by atoms with van der Waals surface area (Å²) in [4.78, 5) is 12.0. The van der Waals surface area contributed by atoms with E-state index in [1.54, 1.807) is 6.07 Å². The Morgan fingerprint density at radius 3 is 2.58 bits per heavy atom. The molecule has 0 amide bonds. The van der Waals surface area contributed by atoms with E-state index in [1.807, 2.05) is 51.1 Å². The molecule has 0 fully saturated rings. The molecule has 0 heterocycles. The summed E-state index contributed by atoms with van der Waals surface area (Å²) in [6.07, 6.45) is 0. The predicted molar refractivity (Wildman–Crippen MR) is 77.0 cm³/mol. The van der Waals surface area contributed by atoms with Crippen LogP contribution < -0.4 is 5.73 Å². The average Bonchev–Trinajstić information content (AvgIpc) is 2.35. The summed E-state index contributed by atoms with van der Waals surface area (Å²) in [6, 6.07) is 11.5. The van der Waals surface area contributed by atoms with Gasteiger partial charge in [0.25, 0.3) is 0 Å². The van der Waals surface area contributed by atoms with E-state index in [9.17, 15) is 4.79 Å². The summed E-state index contributed by atoms with van der Waals surface area (Å²) in [7, 11) is 0. The molecule has 2 aromatic carbocycles. The molecule has 0 atom stereocenters. The number of hydrogen-bond acceptors (Lipinski definition) is 3. The number of rotatable bonds is 2. The predicted octanol–water partition coefficient (Wildman–Crippen LogP) is 3.25. The zero-order valence-corrected chi connectivity index (χ0v) is 11.6. The molecule has 0 bridgehead atoms. The van der Waals surface area contributed by atoms with Crippen LogP contribution in [0.15, 0.2) is 36.4 Å². The lowest BCUT2D eigenvalue weighted by Crippen LogP contribution is -2.23. The first-order valence-electron chi connectivity index (χ1n) is 6.36. The molecule has 0 spiro atoms. The molecular weight excluding hydrogens is 238 g/mol. The van der Waals surface area contributed by atoms with Gasteiger partial charge in [0.1, 0.15) is 5.60 Å². The number of carbonyl (C=O) groups excluding carboxylic acids is 1. The maximum Gasteiger partial charge on any atom is 0.338 e. The van der Waals surface area contributed by atoms with Crippen LogP contribution in [0.3, 0.4) is 0 Å². The highest BCUT2D eigenvalue weighted by Gasteiger charge is 2.18. The van der Waals surface area contributed by atoms with Crippen molar-refractivity contribution >= 4 is 16.7 Å². The van der Waals surface area contributed by atoms with Gasteiger partial charge in [-0.25, -0.2) is 4.79 Å². The molecule has 2 N–H and O–H groups in total. The van der Waals surface area contributed by atoms with E-state index in [0.717, 1.165) is 16.3 Å². The highest BCUT2D eigenvalue weighted by Crippen LogP contribution is 2.21. The molecule has 0 aromatic heterocycles. The fourth-order valence-corrected chi connectivity index (χ4v) is 1.99. The van der Waals surface area contributed by atoms with E-state index in [1.165, 1.54) is 0 Å². The van der Waals surface area contributed by atoms with Crippen LogP contribution in [0.25, 0.3) is 10.8 Å². The van der Waals surface area contributed by atoms with Gasteiger partial charge in [0.05, 0.1) is 5.56 Å². The maximum atomic E-state index is 12.0. The van der Waals surface area contributed by atoms with Gasteiger partial charge in [0, 0.05) is 6.54 Å². The number of ether oxygens (including phenoxy) is 1. The number of benzene rings is 2. The van der Waals surface area contributed by atoms with Crippen molar-refractivity contribution in [3.05, 3.63) is 47.5 Å². The minimum Gasteiger partial charge on any atom is -0.456 e. The van der Waals surface area contributed by atoms with Gasteiger partial charge in [0.15, 0.2) is 0 Å². The van der Waals surface area contributed by atoms with Crippen LogP contribution >= 0.6 is 0 Å². The van der Waals surface area contributed by atoms with Crippen molar-refractivity contribution in [3.8, 4) is 0 Å². The maximum absolute atomic E-state index is 12.0. The summed E-state index contributed by atoms with van der Waals surface area (Å²) in [5.74, 6) is -0.299. The topological polar surface area (TPSA) is 52.3 Å². The van der Waals surface area contributed by atoms with Gasteiger partial charge < -0.3 is 10.5 Å². The standard InChI is InChI=1S/C16H19NO2/c1-16(2,3)19-15(18)12-7-8-14-11(9-12)5-4-6-13(14)10-17/h4-9H,10,17H2,1-3H3. The largest absolute Gasteiger partial charge is 0.456 e. The van der Waals surface area contributed by atoms with Crippen LogP contribution in [-0.4, -0.2) is 11.6 Å². The van der Waals surface area contributed by atoms with E-state index in [2.05, 4.69) is 0 Å². The Hall–Kier alpha value is -1.87. The summed E-state index contributed by atoms with van der Waals surface area (Å²) in [6.45, 7) is 6.07. The first-order valence-corrected chi connectivity index (χ1v) is 6.36. The molecule has 100 valence electrons. The number of esters is 1. The Labute approximate surface area is 113 Å². The third kappa shape index (κ3) is 3.12. The van der Waals surface area contributed by atoms with Gasteiger partial charge in [-0.3, -0.25) is 0 Å². The molecule has 0 radical (unpaired) electrons. The molecule has 2 aromatic rings. The zero-order chi connectivity index (χ0) is 14.0. The molecule has 0 aliphatic rings. The molecule has 3 nitrogen and oxygen atoms in total. The van der Waals surface area contributed by atoms with E-state index in [-0.39, 0.29) is 5.97 Å². The number of hydrogen-bond donors (Lipinski definition) is 1. The highest BCUT2D eigenvalue weighted by molar-refractivity contribution is 5.96. The monoisotopic (exact) mass is 257 g/mol. The van der Waals surface area contributed by atoms with Crippen molar-refractivity contribution in [2.24, 2.45) is 5.73 Å². The Bertz CT molecular complexity index is 612. The molecule has 2 rings (SSSR count). The molecule has 19 heavy (non-hydrogen) atoms. The van der Waals surface area contributed by atoms with Crippen molar-refractivity contribution in [2.75, 3.05) is 0 Å². The molecule has 0 saturated heterocycles. The van der Waals surface area contributed by atoms with Crippen molar-refractivity contribution in [1.82, 2.24) is 0 Å². The van der Waals surface area contributed by atoms with Crippen LogP contribution in [0.2, 0.25) is 0 Å². The summed E-state index contributed by atoms with van der Waals surface area (Å²) >= 11 is 0. The highest BCUT2D eigenvalue weighted by atomic mass is 16.6. The first-order chi connectivity index (χ1) is 8.90. The van der Waals surface area contributed by atoms with Crippen LogP contribution in [0.5, 0.6) is 0 Å². The lowest BCUT2D eigenvalue weighted by molar-refractivity contribution is 0.00697. The van der Waals surface area contributed by atoms with Crippen molar-refractivity contribution in [3.63, 3.8) is 0 Å². The lowest BCUT2D eigenvalue weighted by atomic mass is 10.0. The van der Waals surface area contributed by atoms with Gasteiger partial charge in [-0.15, -0.1) is 0 Å². The fraction of sp³-hybridized carbons (Fsp3) is 0.312. The fourth-order valence-electron chi connectivity index (χ4n) is 1.99. The van der Waals surface area contributed by atoms with Gasteiger partial charge in [-0.05, 0) is 49.2 Å². The van der Waals surface area contributed by atoms with Crippen LogP contribution in [0, 0.1) is 0 Å². The van der Waals surface area contributed by atoms with Gasteiger partial charge in [-0.2, -0.15) is 0 Å². The van der Waals surface area contributed by atoms with Gasteiger partial charge in [0.2, 0.25) is 0 Å². The van der Waals surface area contributed by atoms with Crippen molar-refractivity contribution in [2.45, 2.75) is 32.9 Å². The molecule has 0 saturated carbocycles. The molecule has 0 aliphatic heterocycles. The molecular formula is C16H19NO2. The smallest absolute Gasteiger partial charge is 0.338 e. The molecule has 3 heteroatoms. The Kier molecular flexibility index (Phi) is 3.58. The van der Waals surface area contributed by atoms with Crippen molar-refractivity contribution < 1.29 is 9.53 Å². The van der Waals surface area contributed by atoms with E-state index in [4.69, 9.17) is 10.5 Å². The Morgan fingerprint density at radius 1 is 1.21 bits per heavy atom. The van der Waals surface area contributed by atoms with Crippen molar-refractivity contribution in [1.29, 1.82) is 0 Å². The molecule has 0 aliphatic carbocycles. The Morgan fingerprint density at radius 2 is 1.95 bits per heavy atom. The second kappa shape index (κ2) is 5.02.